The molecule has 0 aliphatic rings. The van der Waals surface area contributed by atoms with Crippen LogP contribution in [-0.4, -0.2) is 0 Å². The molecule has 12 aromatic carbocycles. The van der Waals surface area contributed by atoms with Gasteiger partial charge in [-0.1, -0.05) is 194 Å². The minimum absolute atomic E-state index is 1.08. The van der Waals surface area contributed by atoms with E-state index in [-0.39, 0.29) is 0 Å². The molecule has 0 fully saturated rings. The van der Waals surface area contributed by atoms with Crippen molar-refractivity contribution in [2.75, 3.05) is 4.90 Å². The fourth-order valence-corrected chi connectivity index (χ4v) is 11.3. The Kier molecular flexibility index (Phi) is 9.77. The third-order valence-electron chi connectivity index (χ3n) is 13.6. The van der Waals surface area contributed by atoms with Crippen molar-refractivity contribution in [2.24, 2.45) is 0 Å². The smallest absolute Gasteiger partial charge is 0.0546 e. The number of anilines is 3. The molecule has 0 amide bonds. The Balaban J connectivity index is 0.966. The fourth-order valence-electron chi connectivity index (χ4n) is 10.2. The van der Waals surface area contributed by atoms with Gasteiger partial charge in [0.2, 0.25) is 0 Å². The summed E-state index contributed by atoms with van der Waals surface area (Å²) in [6, 6.07) is 96.0. The van der Waals surface area contributed by atoms with Crippen LogP contribution in [0.1, 0.15) is 0 Å². The van der Waals surface area contributed by atoms with Gasteiger partial charge in [0.1, 0.15) is 0 Å². The molecule has 0 bridgehead atoms. The summed E-state index contributed by atoms with van der Waals surface area (Å²) in [6.45, 7) is 0. The van der Waals surface area contributed by atoms with Gasteiger partial charge in [-0.05, 0) is 149 Å². The zero-order valence-corrected chi connectivity index (χ0v) is 38.0. The van der Waals surface area contributed by atoms with Gasteiger partial charge in [-0.25, -0.2) is 0 Å². The van der Waals surface area contributed by atoms with Gasteiger partial charge < -0.3 is 4.90 Å². The minimum atomic E-state index is 1.08. The Morgan fingerprint density at radius 1 is 0.235 bits per heavy atom. The van der Waals surface area contributed by atoms with E-state index >= 15 is 0 Å². The maximum atomic E-state index is 2.45. The van der Waals surface area contributed by atoms with Crippen LogP contribution < -0.4 is 4.90 Å². The summed E-state index contributed by atoms with van der Waals surface area (Å²) in [4.78, 5) is 2.45. The molecule has 13 aromatic rings. The normalized spacial score (nSPS) is 11.5. The van der Waals surface area contributed by atoms with Crippen molar-refractivity contribution in [1.82, 2.24) is 0 Å². The summed E-state index contributed by atoms with van der Waals surface area (Å²) < 4.78 is 2.64. The highest BCUT2D eigenvalue weighted by Gasteiger charge is 2.21. The molecule has 0 aliphatic carbocycles. The van der Waals surface area contributed by atoms with E-state index in [2.05, 4.69) is 266 Å². The summed E-state index contributed by atoms with van der Waals surface area (Å²) in [5, 5.41) is 10.1. The molecule has 318 valence electrons. The lowest BCUT2D eigenvalue weighted by Gasteiger charge is -2.29. The molecule has 0 atom stereocenters. The molecule has 0 N–H and O–H groups in total. The molecule has 13 rings (SSSR count). The highest BCUT2D eigenvalue weighted by molar-refractivity contribution is 7.25. The Morgan fingerprint density at radius 3 is 1.53 bits per heavy atom. The molecule has 1 heterocycles. The van der Waals surface area contributed by atoms with Gasteiger partial charge in [-0.2, -0.15) is 0 Å². The van der Waals surface area contributed by atoms with Gasteiger partial charge in [0.25, 0.3) is 0 Å². The lowest BCUT2D eigenvalue weighted by Crippen LogP contribution is -2.11. The van der Waals surface area contributed by atoms with Gasteiger partial charge >= 0.3 is 0 Å². The predicted molar refractivity (Wildman–Crippen MR) is 294 cm³/mol. The Labute approximate surface area is 400 Å². The van der Waals surface area contributed by atoms with Crippen LogP contribution in [-0.2, 0) is 0 Å². The lowest BCUT2D eigenvalue weighted by atomic mass is 9.91. The molecule has 0 radical (unpaired) electrons. The third kappa shape index (κ3) is 7.11. The number of fused-ring (bicyclic) bond motifs is 7. The van der Waals surface area contributed by atoms with Crippen LogP contribution in [0.3, 0.4) is 0 Å². The molecule has 0 aliphatic heterocycles. The summed E-state index contributed by atoms with van der Waals surface area (Å²) in [5.41, 5.74) is 15.1. The molecule has 0 saturated heterocycles. The molecular formula is C66H43NS. The standard InChI is InChI=1S/C66H43NS/c1-2-14-47(15-3-1)58-37-31-54(62-42-53-17-6-7-20-57(53)59-21-8-9-22-60(59)62)43-64(58)67(56-35-29-46(30-36-56)52-32-38-66-63(41-52)61-23-10-11-24-65(61)68-66)55-33-27-45(28-34-55)49-18-12-19-50(39-49)51-26-25-44-13-4-5-16-48(44)40-51/h1-43H. The Bertz CT molecular complexity index is 4010. The van der Waals surface area contributed by atoms with E-state index in [0.29, 0.717) is 0 Å². The average Bonchev–Trinajstić information content (AvgIpc) is 3.79. The van der Waals surface area contributed by atoms with Crippen molar-refractivity contribution in [3.63, 3.8) is 0 Å². The highest BCUT2D eigenvalue weighted by atomic mass is 32.1. The van der Waals surface area contributed by atoms with Crippen molar-refractivity contribution >= 4 is 80.9 Å². The zero-order chi connectivity index (χ0) is 45.0. The summed E-state index contributed by atoms with van der Waals surface area (Å²) in [7, 11) is 0. The maximum absolute atomic E-state index is 2.45. The number of nitrogens with zero attached hydrogens (tertiary/aromatic N) is 1. The van der Waals surface area contributed by atoms with Crippen LogP contribution in [0.5, 0.6) is 0 Å². The minimum Gasteiger partial charge on any atom is -0.310 e. The number of hydrogen-bond acceptors (Lipinski definition) is 2. The van der Waals surface area contributed by atoms with Crippen molar-refractivity contribution in [3.8, 4) is 55.6 Å². The van der Waals surface area contributed by atoms with Gasteiger partial charge in [-0.3, -0.25) is 0 Å². The van der Waals surface area contributed by atoms with Crippen LogP contribution in [0.4, 0.5) is 17.1 Å². The number of hydrogen-bond donors (Lipinski definition) is 0. The van der Waals surface area contributed by atoms with Crippen molar-refractivity contribution in [3.05, 3.63) is 261 Å². The summed E-state index contributed by atoms with van der Waals surface area (Å²) >= 11 is 1.86. The topological polar surface area (TPSA) is 3.24 Å². The second-order valence-electron chi connectivity index (χ2n) is 17.7. The molecule has 2 heteroatoms. The SMILES string of the molecule is c1ccc(-c2ccc(-c3cc4ccccc4c4ccccc34)cc2N(c2ccc(-c3cccc(-c4ccc5ccccc5c4)c3)cc2)c2ccc(-c3ccc4sc5ccccc5c4c3)cc2)cc1. The van der Waals surface area contributed by atoms with Crippen LogP contribution >= 0.6 is 11.3 Å². The highest BCUT2D eigenvalue weighted by Crippen LogP contribution is 2.46. The third-order valence-corrected chi connectivity index (χ3v) is 14.8. The van der Waals surface area contributed by atoms with Gasteiger partial charge in [0, 0.05) is 37.1 Å². The van der Waals surface area contributed by atoms with E-state index < -0.39 is 0 Å². The summed E-state index contributed by atoms with van der Waals surface area (Å²) in [6.07, 6.45) is 0. The average molecular weight is 882 g/mol. The molecule has 0 spiro atoms. The zero-order valence-electron chi connectivity index (χ0n) is 37.2. The van der Waals surface area contributed by atoms with E-state index in [4.69, 9.17) is 0 Å². The van der Waals surface area contributed by atoms with E-state index in [9.17, 15) is 0 Å². The molecule has 1 aromatic heterocycles. The van der Waals surface area contributed by atoms with E-state index in [0.717, 1.165) is 28.2 Å². The van der Waals surface area contributed by atoms with E-state index in [1.165, 1.54) is 97.0 Å². The van der Waals surface area contributed by atoms with Crippen molar-refractivity contribution < 1.29 is 0 Å². The molecule has 0 unspecified atom stereocenters. The van der Waals surface area contributed by atoms with Gasteiger partial charge in [0.05, 0.1) is 5.69 Å². The van der Waals surface area contributed by atoms with Crippen LogP contribution in [0, 0.1) is 0 Å². The first-order valence-electron chi connectivity index (χ1n) is 23.3. The molecule has 0 saturated carbocycles. The molecule has 1 nitrogen and oxygen atoms in total. The van der Waals surface area contributed by atoms with Crippen molar-refractivity contribution in [1.29, 1.82) is 0 Å². The van der Waals surface area contributed by atoms with Crippen LogP contribution in [0.25, 0.3) is 108 Å². The molecule has 68 heavy (non-hydrogen) atoms. The summed E-state index contributed by atoms with van der Waals surface area (Å²) in [5.74, 6) is 0. The van der Waals surface area contributed by atoms with Crippen LogP contribution in [0.15, 0.2) is 261 Å². The second-order valence-corrected chi connectivity index (χ2v) is 18.8. The number of thiophene rings is 1. The fraction of sp³-hybridized carbons (Fsp3) is 0. The first-order valence-corrected chi connectivity index (χ1v) is 24.1. The quantitative estimate of drug-likeness (QED) is 0.137. The van der Waals surface area contributed by atoms with E-state index in [1.807, 2.05) is 11.3 Å². The first-order chi connectivity index (χ1) is 33.7. The number of rotatable bonds is 8. The molecular weight excluding hydrogens is 839 g/mol. The maximum Gasteiger partial charge on any atom is 0.0546 e. The predicted octanol–water partition coefficient (Wildman–Crippen LogP) is 19.3. The van der Waals surface area contributed by atoms with E-state index in [1.54, 1.807) is 0 Å². The Morgan fingerprint density at radius 2 is 0.765 bits per heavy atom. The first kappa shape index (κ1) is 39.8. The Hall–Kier alpha value is -8.56. The van der Waals surface area contributed by atoms with Gasteiger partial charge in [-0.15, -0.1) is 11.3 Å². The van der Waals surface area contributed by atoms with Gasteiger partial charge in [0.15, 0.2) is 0 Å². The monoisotopic (exact) mass is 881 g/mol. The lowest BCUT2D eigenvalue weighted by molar-refractivity contribution is 1.28. The number of benzene rings is 12. The van der Waals surface area contributed by atoms with Crippen molar-refractivity contribution in [2.45, 2.75) is 0 Å². The largest absolute Gasteiger partial charge is 0.310 e. The van der Waals surface area contributed by atoms with Crippen LogP contribution in [0.2, 0.25) is 0 Å². The second kappa shape index (κ2) is 16.7.